The van der Waals surface area contributed by atoms with Crippen LogP contribution in [0, 0.1) is 18.3 Å². The van der Waals surface area contributed by atoms with E-state index in [2.05, 4.69) is 6.07 Å². The zero-order chi connectivity index (χ0) is 12.0. The number of nitriles is 1. The number of hydrogen-bond acceptors (Lipinski definition) is 3. The summed E-state index contributed by atoms with van der Waals surface area (Å²) in [4.78, 5) is 11.2. The molecule has 0 spiro atoms. The third kappa shape index (κ3) is 3.34. The molecule has 0 aliphatic heterocycles. The van der Waals surface area contributed by atoms with Crippen LogP contribution >= 0.6 is 0 Å². The molecule has 82 valence electrons. The van der Waals surface area contributed by atoms with Crippen molar-refractivity contribution in [1.29, 1.82) is 5.26 Å². The summed E-state index contributed by atoms with van der Waals surface area (Å²) in [5.74, 6) is -0.0775. The molecule has 16 heavy (non-hydrogen) atoms. The lowest BCUT2D eigenvalue weighted by atomic mass is 10.0. The summed E-state index contributed by atoms with van der Waals surface area (Å²) in [6, 6.07) is 7.41. The first-order valence-electron chi connectivity index (χ1n) is 4.88. The summed E-state index contributed by atoms with van der Waals surface area (Å²) >= 11 is 0. The van der Waals surface area contributed by atoms with Gasteiger partial charge in [0.15, 0.2) is 5.78 Å². The number of hydrogen-bond donors (Lipinski definition) is 0. The Morgan fingerprint density at radius 2 is 2.31 bits per heavy atom. The number of benzene rings is 1. The normalized spacial score (nSPS) is 10.3. The highest BCUT2D eigenvalue weighted by Crippen LogP contribution is 2.12. The molecule has 1 aromatic carbocycles. The monoisotopic (exact) mass is 215 g/mol. The van der Waals surface area contributed by atoms with E-state index in [1.165, 1.54) is 13.2 Å². The summed E-state index contributed by atoms with van der Waals surface area (Å²) in [6.07, 6.45) is 3.22. The Hall–Kier alpha value is -1.92. The topological polar surface area (TPSA) is 50.1 Å². The number of carbonyl (C=O) groups excluding carboxylic acids is 1. The predicted molar refractivity (Wildman–Crippen MR) is 61.8 cm³/mol. The van der Waals surface area contributed by atoms with E-state index in [1.54, 1.807) is 18.2 Å². The molecule has 0 atom stereocenters. The first kappa shape index (κ1) is 12.2. The average molecular weight is 215 g/mol. The Morgan fingerprint density at radius 3 is 2.88 bits per heavy atom. The van der Waals surface area contributed by atoms with Gasteiger partial charge in [0.05, 0.1) is 11.6 Å². The fourth-order valence-corrected chi connectivity index (χ4v) is 1.31. The van der Waals surface area contributed by atoms with Crippen molar-refractivity contribution in [3.8, 4) is 6.07 Å². The van der Waals surface area contributed by atoms with Crippen LogP contribution in [0.4, 0.5) is 0 Å². The fraction of sp³-hybridized carbons (Fsp3) is 0.231. The zero-order valence-electron chi connectivity index (χ0n) is 9.36. The van der Waals surface area contributed by atoms with Gasteiger partial charge >= 0.3 is 0 Å². The van der Waals surface area contributed by atoms with E-state index in [0.29, 0.717) is 5.56 Å². The average Bonchev–Trinajstić information content (AvgIpc) is 2.27. The van der Waals surface area contributed by atoms with Crippen molar-refractivity contribution >= 4 is 11.9 Å². The Kier molecular flexibility index (Phi) is 4.43. The Balaban J connectivity index is 2.83. The molecule has 3 heteroatoms. The number of nitrogens with zero attached hydrogens (tertiary/aromatic N) is 1. The lowest BCUT2D eigenvalue weighted by Crippen LogP contribution is -2.01. The summed E-state index contributed by atoms with van der Waals surface area (Å²) < 4.78 is 4.71. The summed E-state index contributed by atoms with van der Waals surface area (Å²) in [6.45, 7) is 1.99. The highest BCUT2D eigenvalue weighted by atomic mass is 16.5. The van der Waals surface area contributed by atoms with Crippen molar-refractivity contribution in [2.45, 2.75) is 6.92 Å². The van der Waals surface area contributed by atoms with Crippen LogP contribution in [0.2, 0.25) is 0 Å². The first-order chi connectivity index (χ1) is 7.67. The van der Waals surface area contributed by atoms with E-state index in [0.717, 1.165) is 11.1 Å². The second kappa shape index (κ2) is 5.84. The highest BCUT2D eigenvalue weighted by molar-refractivity contribution is 5.94. The van der Waals surface area contributed by atoms with Gasteiger partial charge in [-0.2, -0.15) is 5.26 Å². The molecule has 0 unspecified atom stereocenters. The van der Waals surface area contributed by atoms with Gasteiger partial charge in [0.25, 0.3) is 0 Å². The fourth-order valence-electron chi connectivity index (χ4n) is 1.31. The minimum absolute atomic E-state index is 0.0775. The molecule has 0 saturated heterocycles. The molecule has 0 aromatic heterocycles. The van der Waals surface area contributed by atoms with Gasteiger partial charge in [-0.05, 0) is 36.3 Å². The number of rotatable bonds is 4. The summed E-state index contributed by atoms with van der Waals surface area (Å²) in [5, 5.41) is 8.70. The van der Waals surface area contributed by atoms with Crippen LogP contribution in [-0.2, 0) is 9.53 Å². The second-order valence-electron chi connectivity index (χ2n) is 3.42. The molecule has 0 aliphatic carbocycles. The van der Waals surface area contributed by atoms with Crippen molar-refractivity contribution in [2.75, 3.05) is 13.7 Å². The molecule has 0 radical (unpaired) electrons. The minimum atomic E-state index is -0.0775. The minimum Gasteiger partial charge on any atom is -0.377 e. The van der Waals surface area contributed by atoms with Gasteiger partial charge in [-0.15, -0.1) is 0 Å². The van der Waals surface area contributed by atoms with Crippen LogP contribution in [0.15, 0.2) is 24.3 Å². The molecule has 0 N–H and O–H groups in total. The van der Waals surface area contributed by atoms with Gasteiger partial charge < -0.3 is 4.74 Å². The maximum atomic E-state index is 11.2. The molecule has 1 rings (SSSR count). The standard InChI is InChI=1S/C13H13NO2/c1-10-7-11(8-14)3-4-12(10)5-6-13(15)9-16-2/h3-7H,9H2,1-2H3/b6-5+. The van der Waals surface area contributed by atoms with Crippen LogP contribution in [0.1, 0.15) is 16.7 Å². The summed E-state index contributed by atoms with van der Waals surface area (Å²) in [5.41, 5.74) is 2.53. The first-order valence-corrected chi connectivity index (χ1v) is 4.88. The highest BCUT2D eigenvalue weighted by Gasteiger charge is 1.98. The zero-order valence-corrected chi connectivity index (χ0v) is 9.36. The molecule has 0 aliphatic rings. The SMILES string of the molecule is COCC(=O)/C=C/c1ccc(C#N)cc1C. The van der Waals surface area contributed by atoms with Gasteiger partial charge in [-0.3, -0.25) is 4.79 Å². The molecule has 3 nitrogen and oxygen atoms in total. The molecular formula is C13H13NO2. The van der Waals surface area contributed by atoms with Crippen molar-refractivity contribution in [3.05, 3.63) is 41.0 Å². The van der Waals surface area contributed by atoms with Crippen molar-refractivity contribution in [1.82, 2.24) is 0 Å². The number of carbonyl (C=O) groups is 1. The van der Waals surface area contributed by atoms with E-state index in [4.69, 9.17) is 10.00 Å². The molecule has 0 heterocycles. The molecule has 0 bridgehead atoms. The second-order valence-corrected chi connectivity index (χ2v) is 3.42. The number of ether oxygens (including phenoxy) is 1. The van der Waals surface area contributed by atoms with Crippen molar-refractivity contribution in [3.63, 3.8) is 0 Å². The van der Waals surface area contributed by atoms with Crippen molar-refractivity contribution in [2.24, 2.45) is 0 Å². The molecule has 0 saturated carbocycles. The van der Waals surface area contributed by atoms with E-state index in [-0.39, 0.29) is 12.4 Å². The van der Waals surface area contributed by atoms with Gasteiger partial charge in [0, 0.05) is 7.11 Å². The molecule has 1 aromatic rings. The molecule has 0 amide bonds. The maximum Gasteiger partial charge on any atom is 0.181 e. The van der Waals surface area contributed by atoms with Crippen LogP contribution < -0.4 is 0 Å². The van der Waals surface area contributed by atoms with Crippen LogP contribution in [-0.4, -0.2) is 19.5 Å². The third-order valence-electron chi connectivity index (χ3n) is 2.13. The molecule has 0 fully saturated rings. The third-order valence-corrected chi connectivity index (χ3v) is 2.13. The van der Waals surface area contributed by atoms with Gasteiger partial charge in [-0.25, -0.2) is 0 Å². The quantitative estimate of drug-likeness (QED) is 0.722. The summed E-state index contributed by atoms with van der Waals surface area (Å²) in [7, 11) is 1.48. The van der Waals surface area contributed by atoms with Gasteiger partial charge in [-0.1, -0.05) is 12.1 Å². The van der Waals surface area contributed by atoms with Crippen LogP contribution in [0.5, 0.6) is 0 Å². The number of ketones is 1. The smallest absolute Gasteiger partial charge is 0.181 e. The Bertz CT molecular complexity index is 455. The van der Waals surface area contributed by atoms with Gasteiger partial charge in [0.1, 0.15) is 6.61 Å². The van der Waals surface area contributed by atoms with E-state index < -0.39 is 0 Å². The number of aryl methyl sites for hydroxylation is 1. The molecular weight excluding hydrogens is 202 g/mol. The maximum absolute atomic E-state index is 11.2. The van der Waals surface area contributed by atoms with E-state index >= 15 is 0 Å². The lowest BCUT2D eigenvalue weighted by Gasteiger charge is -2.00. The van der Waals surface area contributed by atoms with Crippen molar-refractivity contribution < 1.29 is 9.53 Å². The Labute approximate surface area is 95.0 Å². The van der Waals surface area contributed by atoms with E-state index in [9.17, 15) is 4.79 Å². The Morgan fingerprint density at radius 1 is 1.56 bits per heavy atom. The lowest BCUT2D eigenvalue weighted by molar-refractivity contribution is -0.117. The van der Waals surface area contributed by atoms with Crippen LogP contribution in [0.3, 0.4) is 0 Å². The van der Waals surface area contributed by atoms with Crippen LogP contribution in [0.25, 0.3) is 6.08 Å². The number of methoxy groups -OCH3 is 1. The van der Waals surface area contributed by atoms with E-state index in [1.807, 2.05) is 13.0 Å². The largest absolute Gasteiger partial charge is 0.377 e. The predicted octanol–water partition coefficient (Wildman–Crippen LogP) is 2.10. The van der Waals surface area contributed by atoms with Gasteiger partial charge in [0.2, 0.25) is 0 Å².